The number of pyridine rings is 1. The standard InChI is InChI=1S/C15H18N4O3/c1-22-13-3-2-9(6-17-13)14(10-4-11(20)5-10)19-15(21)12-7-16-8-18-12/h2-3,6-8,10-11,14,20H,4-5H2,1H3,(H,16,18)(H,19,21). The zero-order valence-corrected chi connectivity index (χ0v) is 12.2. The van der Waals surface area contributed by atoms with Gasteiger partial charge in [-0.1, -0.05) is 6.07 Å². The molecule has 1 unspecified atom stereocenters. The zero-order chi connectivity index (χ0) is 15.5. The fraction of sp³-hybridized carbons (Fsp3) is 0.400. The zero-order valence-electron chi connectivity index (χ0n) is 12.2. The van der Waals surface area contributed by atoms with Crippen LogP contribution in [-0.4, -0.2) is 39.2 Å². The highest BCUT2D eigenvalue weighted by atomic mass is 16.5. The largest absolute Gasteiger partial charge is 0.481 e. The van der Waals surface area contributed by atoms with Gasteiger partial charge >= 0.3 is 0 Å². The fourth-order valence-electron chi connectivity index (χ4n) is 2.67. The molecular formula is C15H18N4O3. The van der Waals surface area contributed by atoms with Gasteiger partial charge in [0, 0.05) is 12.3 Å². The summed E-state index contributed by atoms with van der Waals surface area (Å²) in [6.07, 6.45) is 5.68. The van der Waals surface area contributed by atoms with Crippen LogP contribution in [0.2, 0.25) is 0 Å². The molecule has 0 saturated heterocycles. The van der Waals surface area contributed by atoms with Gasteiger partial charge in [-0.2, -0.15) is 0 Å². The molecule has 1 aliphatic rings. The molecule has 22 heavy (non-hydrogen) atoms. The third-order valence-electron chi connectivity index (χ3n) is 3.98. The number of hydrogen-bond acceptors (Lipinski definition) is 5. The second-order valence-electron chi connectivity index (χ2n) is 5.44. The van der Waals surface area contributed by atoms with E-state index in [9.17, 15) is 9.90 Å². The predicted molar refractivity (Wildman–Crippen MR) is 78.3 cm³/mol. The van der Waals surface area contributed by atoms with E-state index in [4.69, 9.17) is 4.74 Å². The van der Waals surface area contributed by atoms with E-state index in [0.29, 0.717) is 24.4 Å². The van der Waals surface area contributed by atoms with Crippen molar-refractivity contribution in [1.82, 2.24) is 20.3 Å². The van der Waals surface area contributed by atoms with E-state index in [-0.39, 0.29) is 24.0 Å². The minimum absolute atomic E-state index is 0.192. The van der Waals surface area contributed by atoms with Crippen LogP contribution >= 0.6 is 0 Å². The number of ether oxygens (including phenoxy) is 1. The van der Waals surface area contributed by atoms with Crippen LogP contribution in [0.3, 0.4) is 0 Å². The summed E-state index contributed by atoms with van der Waals surface area (Å²) >= 11 is 0. The number of aliphatic hydroxyl groups is 1. The van der Waals surface area contributed by atoms with Gasteiger partial charge in [-0.05, 0) is 24.3 Å². The average Bonchev–Trinajstić information content (AvgIpc) is 3.04. The first-order valence-corrected chi connectivity index (χ1v) is 7.14. The average molecular weight is 302 g/mol. The molecule has 7 heteroatoms. The molecule has 1 fully saturated rings. The summed E-state index contributed by atoms with van der Waals surface area (Å²) < 4.78 is 5.06. The predicted octanol–water partition coefficient (Wildman–Crippen LogP) is 1.06. The summed E-state index contributed by atoms with van der Waals surface area (Å²) in [6.45, 7) is 0. The van der Waals surface area contributed by atoms with Gasteiger partial charge in [0.1, 0.15) is 5.69 Å². The number of aromatic nitrogens is 3. The lowest BCUT2D eigenvalue weighted by molar-refractivity contribution is 0.0234. The first-order valence-electron chi connectivity index (χ1n) is 7.14. The Kier molecular flexibility index (Phi) is 4.06. The molecule has 3 rings (SSSR count). The van der Waals surface area contributed by atoms with Crippen LogP contribution in [0.1, 0.15) is 34.9 Å². The van der Waals surface area contributed by atoms with Crippen molar-refractivity contribution >= 4 is 5.91 Å². The Balaban J connectivity index is 1.78. The number of amides is 1. The minimum atomic E-state index is -0.289. The quantitative estimate of drug-likeness (QED) is 0.766. The number of methoxy groups -OCH3 is 1. The van der Waals surface area contributed by atoms with Gasteiger partial charge < -0.3 is 20.1 Å². The summed E-state index contributed by atoms with van der Waals surface area (Å²) in [6, 6.07) is 3.45. The number of aromatic amines is 1. The Morgan fingerprint density at radius 3 is 2.82 bits per heavy atom. The van der Waals surface area contributed by atoms with Gasteiger partial charge in [0.25, 0.3) is 5.91 Å². The molecule has 0 aliphatic heterocycles. The number of aliphatic hydroxyl groups excluding tert-OH is 1. The van der Waals surface area contributed by atoms with Crippen molar-refractivity contribution in [2.45, 2.75) is 25.0 Å². The fourth-order valence-corrected chi connectivity index (χ4v) is 2.67. The Morgan fingerprint density at radius 2 is 2.27 bits per heavy atom. The van der Waals surface area contributed by atoms with E-state index in [1.165, 1.54) is 12.5 Å². The molecule has 1 saturated carbocycles. The lowest BCUT2D eigenvalue weighted by Gasteiger charge is -2.38. The van der Waals surface area contributed by atoms with Crippen molar-refractivity contribution in [3.05, 3.63) is 42.1 Å². The van der Waals surface area contributed by atoms with Gasteiger partial charge in [-0.3, -0.25) is 4.79 Å². The Hall–Kier alpha value is -2.41. The molecule has 2 aromatic rings. The van der Waals surface area contributed by atoms with Crippen LogP contribution in [0.15, 0.2) is 30.9 Å². The molecule has 0 aromatic carbocycles. The van der Waals surface area contributed by atoms with Crippen LogP contribution in [0.4, 0.5) is 0 Å². The highest BCUT2D eigenvalue weighted by Crippen LogP contribution is 2.38. The maximum atomic E-state index is 12.2. The van der Waals surface area contributed by atoms with Crippen molar-refractivity contribution in [3.63, 3.8) is 0 Å². The van der Waals surface area contributed by atoms with Gasteiger partial charge in [0.2, 0.25) is 5.88 Å². The third-order valence-corrected chi connectivity index (χ3v) is 3.98. The minimum Gasteiger partial charge on any atom is -0.481 e. The monoisotopic (exact) mass is 302 g/mol. The van der Waals surface area contributed by atoms with E-state index in [0.717, 1.165) is 5.56 Å². The number of H-pyrrole nitrogens is 1. The molecule has 116 valence electrons. The van der Waals surface area contributed by atoms with Crippen LogP contribution in [0.5, 0.6) is 5.88 Å². The summed E-state index contributed by atoms with van der Waals surface area (Å²) in [5.74, 6) is 0.493. The smallest absolute Gasteiger partial charge is 0.269 e. The van der Waals surface area contributed by atoms with Crippen LogP contribution < -0.4 is 10.1 Å². The number of rotatable bonds is 5. The number of imidazole rings is 1. The van der Waals surface area contributed by atoms with Crippen LogP contribution in [0, 0.1) is 5.92 Å². The third kappa shape index (κ3) is 2.94. The first-order chi connectivity index (χ1) is 10.7. The second-order valence-corrected chi connectivity index (χ2v) is 5.44. The van der Waals surface area contributed by atoms with Crippen molar-refractivity contribution in [3.8, 4) is 5.88 Å². The molecule has 0 radical (unpaired) electrons. The Labute approximate surface area is 127 Å². The number of hydrogen-bond donors (Lipinski definition) is 3. The molecule has 3 N–H and O–H groups in total. The number of carbonyl (C=O) groups excluding carboxylic acids is 1. The second kappa shape index (κ2) is 6.15. The van der Waals surface area contributed by atoms with E-state index >= 15 is 0 Å². The Morgan fingerprint density at radius 1 is 1.45 bits per heavy atom. The summed E-state index contributed by atoms with van der Waals surface area (Å²) in [4.78, 5) is 23.1. The normalized spacial score (nSPS) is 21.7. The maximum absolute atomic E-state index is 12.2. The molecule has 1 atom stereocenters. The molecule has 1 aliphatic carbocycles. The van der Waals surface area contributed by atoms with Gasteiger partial charge in [-0.15, -0.1) is 0 Å². The molecule has 7 nitrogen and oxygen atoms in total. The van der Waals surface area contributed by atoms with Crippen LogP contribution in [0.25, 0.3) is 0 Å². The van der Waals surface area contributed by atoms with Crippen molar-refractivity contribution in [2.75, 3.05) is 7.11 Å². The summed E-state index contributed by atoms with van der Waals surface area (Å²) in [5.41, 5.74) is 1.30. The first kappa shape index (κ1) is 14.5. The van der Waals surface area contributed by atoms with Crippen molar-refractivity contribution in [1.29, 1.82) is 0 Å². The lowest BCUT2D eigenvalue weighted by Crippen LogP contribution is -2.41. The number of nitrogens with zero attached hydrogens (tertiary/aromatic N) is 2. The topological polar surface area (TPSA) is 100 Å². The lowest BCUT2D eigenvalue weighted by atomic mass is 9.75. The molecule has 2 heterocycles. The Bertz CT molecular complexity index is 621. The van der Waals surface area contributed by atoms with E-state index < -0.39 is 0 Å². The molecular weight excluding hydrogens is 284 g/mol. The van der Waals surface area contributed by atoms with E-state index in [1.54, 1.807) is 19.4 Å². The highest BCUT2D eigenvalue weighted by molar-refractivity contribution is 5.92. The van der Waals surface area contributed by atoms with E-state index in [2.05, 4.69) is 20.3 Å². The highest BCUT2D eigenvalue weighted by Gasteiger charge is 2.36. The van der Waals surface area contributed by atoms with Gasteiger partial charge in [-0.25, -0.2) is 9.97 Å². The number of carbonyl (C=O) groups is 1. The molecule has 1 amide bonds. The van der Waals surface area contributed by atoms with Gasteiger partial charge in [0.05, 0.1) is 31.8 Å². The summed E-state index contributed by atoms with van der Waals surface area (Å²) in [7, 11) is 1.56. The number of nitrogens with one attached hydrogen (secondary N) is 2. The SMILES string of the molecule is COc1ccc(C(NC(=O)c2cnc[nH]2)C2CC(O)C2)cn1. The van der Waals surface area contributed by atoms with Gasteiger partial charge in [0.15, 0.2) is 0 Å². The van der Waals surface area contributed by atoms with Crippen molar-refractivity contribution < 1.29 is 14.6 Å². The van der Waals surface area contributed by atoms with E-state index in [1.807, 2.05) is 6.07 Å². The molecule has 0 spiro atoms. The molecule has 0 bridgehead atoms. The summed E-state index contributed by atoms with van der Waals surface area (Å²) in [5, 5.41) is 12.5. The van der Waals surface area contributed by atoms with Crippen molar-refractivity contribution in [2.24, 2.45) is 5.92 Å². The molecule has 2 aromatic heterocycles. The van der Waals surface area contributed by atoms with Crippen LogP contribution in [-0.2, 0) is 0 Å². The maximum Gasteiger partial charge on any atom is 0.269 e.